The Morgan fingerprint density at radius 1 is 0.299 bits per heavy atom. The summed E-state index contributed by atoms with van der Waals surface area (Å²) in [5.74, 6) is 0. The first-order valence-electron chi connectivity index (χ1n) is 18.9. The number of halogens is 10. The summed E-state index contributed by atoms with van der Waals surface area (Å²) in [6.45, 7) is 0. The van der Waals surface area contributed by atoms with Gasteiger partial charge >= 0.3 is 0 Å². The van der Waals surface area contributed by atoms with Gasteiger partial charge in [-0.1, -0.05) is 121 Å². The minimum atomic E-state index is -0.483. The number of hydrogen-bond acceptors (Lipinski definition) is 0. The molecule has 8 aromatic rings. The molecule has 358 valence electrons. The molecule has 0 radical (unpaired) electrons. The van der Waals surface area contributed by atoms with Gasteiger partial charge in [0.1, 0.15) is 0 Å². The molecule has 0 heterocycles. The third-order valence-corrected chi connectivity index (χ3v) is 12.3. The summed E-state index contributed by atoms with van der Waals surface area (Å²) >= 11 is 38.1. The molecule has 0 amide bonds. The van der Waals surface area contributed by atoms with Crippen LogP contribution in [0.5, 0.6) is 0 Å². The molecule has 0 saturated carbocycles. The predicted molar refractivity (Wildman–Crippen MR) is 289 cm³/mol. The maximum Gasteiger partial charge on any atom is 0.0967 e. The molecule has 0 N–H and O–H groups in total. The molecule has 0 aromatic heterocycles. The van der Waals surface area contributed by atoms with Crippen molar-refractivity contribution in [2.45, 2.75) is 0 Å². The third kappa shape index (κ3) is 38.0. The Morgan fingerprint density at radius 2 is 0.463 bits per heavy atom. The second kappa shape index (κ2) is 56.5. The van der Waals surface area contributed by atoms with Crippen molar-refractivity contribution in [1.82, 2.24) is 0 Å². The van der Waals surface area contributed by atoms with Crippen LogP contribution in [0.3, 0.4) is 0 Å². The van der Waals surface area contributed by atoms with Crippen molar-refractivity contribution in [1.29, 1.82) is 0 Å². The van der Waals surface area contributed by atoms with Crippen LogP contribution in [0, 0.1) is 0 Å². The number of rotatable bonds is 6. The van der Waals surface area contributed by atoms with E-state index >= 15 is 0 Å². The number of alkyl halides is 8. The molecule has 0 fully saturated rings. The number of benzene rings is 4. The van der Waals surface area contributed by atoms with Crippen LogP contribution in [-0.4, -0.2) is 21.4 Å². The summed E-state index contributed by atoms with van der Waals surface area (Å²) in [6, 6.07) is 88.8. The Hall–Kier alpha value is -0.363. The van der Waals surface area contributed by atoms with E-state index in [0.29, 0.717) is 0 Å². The summed E-state index contributed by atoms with van der Waals surface area (Å²) in [5.41, 5.74) is 0. The third-order valence-electron chi connectivity index (χ3n) is 7.42. The molecule has 8 rings (SSSR count). The van der Waals surface area contributed by atoms with E-state index in [4.69, 9.17) is 92.8 Å². The maximum absolute atomic E-state index is 4.76. The first-order valence-corrected chi connectivity index (χ1v) is 25.9. The molecule has 15 heteroatoms. The van der Waals surface area contributed by atoms with E-state index in [-0.39, 0.29) is 111 Å². The average Bonchev–Trinajstić information content (AvgIpc) is 4.01. The minimum absolute atomic E-state index is 0. The summed E-state index contributed by atoms with van der Waals surface area (Å²) in [6.07, 6.45) is 0. The Bertz CT molecular complexity index is 1810. The van der Waals surface area contributed by atoms with Crippen molar-refractivity contribution in [3.8, 4) is 0 Å². The zero-order valence-corrected chi connectivity index (χ0v) is 50.8. The number of hydrogen-bond donors (Lipinski definition) is 0. The van der Waals surface area contributed by atoms with Crippen LogP contribution in [0.15, 0.2) is 255 Å². The van der Waals surface area contributed by atoms with Gasteiger partial charge in [-0.05, 0) is 21.2 Å². The van der Waals surface area contributed by atoms with Crippen LogP contribution in [-0.2, 0) is 64.5 Å². The van der Waals surface area contributed by atoms with E-state index in [1.807, 2.05) is 60.7 Å². The molecule has 0 aliphatic rings. The minimum Gasteiger partial charge on any atom is -1.00 e. The maximum atomic E-state index is 4.76. The van der Waals surface area contributed by atoms with Crippen LogP contribution >= 0.6 is 109 Å². The van der Waals surface area contributed by atoms with Gasteiger partial charge in [0, 0.05) is 113 Å². The first kappa shape index (κ1) is 75.6. The van der Waals surface area contributed by atoms with E-state index in [1.54, 1.807) is 0 Å². The van der Waals surface area contributed by atoms with Crippen molar-refractivity contribution in [2.75, 3.05) is 21.4 Å². The second-order valence-corrected chi connectivity index (χ2v) is 19.1. The van der Waals surface area contributed by atoms with Crippen molar-refractivity contribution >= 4 is 140 Å². The Kier molecular flexibility index (Phi) is 63.8. The standard InChI is InChI=1S/2C19H16P.2C5H5.4CH2Cl2.2ClH.Pt.2Ti/c2*1-2-6-12-17(11-5-1)20(18-13-7-3-8-14-18)19-15-9-4-10-16-19;2*1-2-4-5-3-1;4*2-1-3;;;;;/h2*1-16H;2*1-5H;4*1H2;2*1H;;;/q2*+1;2*-1;;;;;;;;;/p-2. The SMILES string of the molecule is ClCCl.ClCCl.ClCCl.ClCCl.[Cl-].[Cl-].[Pt].[Ti].[Ti].c1cc[cH-]c1.c1cc[cH-]c1.c1ccc(P(c2ccccc2)[c+]2cccccc2)cc1.c1ccc(P(c2ccccc2)[c+]2cccccc2)cc1. The molecule has 0 nitrogen and oxygen atoms in total. The second-order valence-electron chi connectivity index (χ2n) is 11.4. The monoisotopic (exact) mass is 1380 g/mol. The zero-order chi connectivity index (χ0) is 45.1. The molecule has 67 heavy (non-hydrogen) atoms. The zero-order valence-electron chi connectivity index (χ0n) is 36.1. The van der Waals surface area contributed by atoms with Crippen molar-refractivity contribution < 1.29 is 89.3 Å². The summed E-state index contributed by atoms with van der Waals surface area (Å²) in [5, 5.41) is 9.09. The van der Waals surface area contributed by atoms with Gasteiger partial charge in [-0.2, -0.15) is 36.4 Å². The van der Waals surface area contributed by atoms with Gasteiger partial charge in [-0.3, -0.25) is 0 Å². The van der Waals surface area contributed by atoms with Crippen LogP contribution < -0.4 is 56.6 Å². The summed E-state index contributed by atoms with van der Waals surface area (Å²) in [7, 11) is -0.966. The molecule has 0 bridgehead atoms. The van der Waals surface area contributed by atoms with E-state index in [1.165, 1.54) is 31.8 Å². The fourth-order valence-corrected chi connectivity index (χ4v) is 9.74. The van der Waals surface area contributed by atoms with Crippen molar-refractivity contribution in [3.63, 3.8) is 0 Å². The van der Waals surface area contributed by atoms with Gasteiger partial charge < -0.3 is 24.8 Å². The topological polar surface area (TPSA) is 0 Å². The molecule has 8 aromatic carbocycles. The van der Waals surface area contributed by atoms with Crippen molar-refractivity contribution in [3.05, 3.63) is 255 Å². The Balaban J connectivity index is -0.000000253. The molecule has 0 atom stereocenters. The van der Waals surface area contributed by atoms with Crippen LogP contribution in [0.25, 0.3) is 0 Å². The van der Waals surface area contributed by atoms with Gasteiger partial charge in [0.05, 0.1) is 72.1 Å². The summed E-state index contributed by atoms with van der Waals surface area (Å²) < 4.78 is 0. The first-order chi connectivity index (χ1) is 30.6. The van der Waals surface area contributed by atoms with Crippen LogP contribution in [0.2, 0.25) is 0 Å². The van der Waals surface area contributed by atoms with E-state index in [2.05, 4.69) is 194 Å². The molecule has 0 aliphatic carbocycles. The largest absolute Gasteiger partial charge is 1.00 e. The van der Waals surface area contributed by atoms with Crippen LogP contribution in [0.4, 0.5) is 0 Å². The molecule has 0 saturated heterocycles. The quantitative estimate of drug-likeness (QED) is 0.0674. The van der Waals surface area contributed by atoms with E-state index in [0.717, 1.165) is 0 Å². The fourth-order valence-electron chi connectivity index (χ4n) is 5.13. The van der Waals surface area contributed by atoms with Gasteiger partial charge in [0.15, 0.2) is 0 Å². The van der Waals surface area contributed by atoms with Gasteiger partial charge in [-0.25, -0.2) is 24.3 Å². The molecular weight excluding hydrogens is 1330 g/mol. The fraction of sp³-hybridized carbons (Fsp3) is 0.0769. The Morgan fingerprint density at radius 3 is 0.612 bits per heavy atom. The Labute approximate surface area is 499 Å². The molecule has 0 spiro atoms. The van der Waals surface area contributed by atoms with E-state index in [9.17, 15) is 0 Å². The summed E-state index contributed by atoms with van der Waals surface area (Å²) in [4.78, 5) is 0. The molecule has 0 aliphatic heterocycles. The normalized spacial score (nSPS) is 8.51. The van der Waals surface area contributed by atoms with Gasteiger partial charge in [-0.15, -0.1) is 92.8 Å². The van der Waals surface area contributed by atoms with E-state index < -0.39 is 15.8 Å². The molecule has 0 unspecified atom stereocenters. The van der Waals surface area contributed by atoms with Gasteiger partial charge in [0.2, 0.25) is 0 Å². The van der Waals surface area contributed by atoms with Crippen LogP contribution in [0.1, 0.15) is 0 Å². The van der Waals surface area contributed by atoms with Gasteiger partial charge in [0.25, 0.3) is 0 Å². The smallest absolute Gasteiger partial charge is 0.0967 e. The predicted octanol–water partition coefficient (Wildman–Crippen LogP) is 9.95. The molecular formula is C52H50Cl10P2PtTi2-2. The van der Waals surface area contributed by atoms with Crippen molar-refractivity contribution in [2.24, 2.45) is 0 Å². The average molecular weight is 1380 g/mol.